The summed E-state index contributed by atoms with van der Waals surface area (Å²) >= 11 is 0. The fraction of sp³-hybridized carbons (Fsp3) is 0.667. The Labute approximate surface area is 73.9 Å². The van der Waals surface area contributed by atoms with E-state index >= 15 is 0 Å². The molecule has 0 radical (unpaired) electrons. The molecule has 0 aromatic rings. The lowest BCUT2D eigenvalue weighted by molar-refractivity contribution is -0.131. The van der Waals surface area contributed by atoms with Crippen molar-refractivity contribution in [1.29, 1.82) is 0 Å². The molecule has 0 fully saturated rings. The van der Waals surface area contributed by atoms with Crippen LogP contribution >= 0.6 is 0 Å². The monoisotopic (exact) mass is 168 g/mol. The van der Waals surface area contributed by atoms with Crippen molar-refractivity contribution in [2.24, 2.45) is 5.73 Å². The quantitative estimate of drug-likeness (QED) is 0.610. The molecule has 0 aromatic carbocycles. The molecule has 0 aromatic heterocycles. The Morgan fingerprint density at radius 3 is 2.67 bits per heavy atom. The van der Waals surface area contributed by atoms with Gasteiger partial charge < -0.3 is 10.6 Å². The summed E-state index contributed by atoms with van der Waals surface area (Å²) in [5, 5.41) is 0. The first kappa shape index (κ1) is 11.0. The molecule has 0 unspecified atom stereocenters. The Hall–Kier alpha value is -1.01. The molecule has 1 amide bonds. The Balaban J connectivity index is 4.11. The molecule has 68 valence electrons. The molecule has 1 atom stereocenters. The Morgan fingerprint density at radius 2 is 2.33 bits per heavy atom. The predicted octanol–water partition coefficient (Wildman–Crippen LogP) is 0.205. The average Bonchev–Trinajstić information content (AvgIpc) is 2.03. The summed E-state index contributed by atoms with van der Waals surface area (Å²) in [4.78, 5) is 12.9. The minimum Gasteiger partial charge on any atom is -0.330 e. The first-order chi connectivity index (χ1) is 5.63. The normalized spacial score (nSPS) is 11.8. The molecule has 0 heterocycles. The topological polar surface area (TPSA) is 46.3 Å². The van der Waals surface area contributed by atoms with Crippen LogP contribution in [0.1, 0.15) is 20.3 Å². The maximum Gasteiger partial charge on any atom is 0.239 e. The van der Waals surface area contributed by atoms with Crippen molar-refractivity contribution in [3.8, 4) is 12.3 Å². The van der Waals surface area contributed by atoms with Crippen molar-refractivity contribution in [2.45, 2.75) is 26.3 Å². The highest BCUT2D eigenvalue weighted by molar-refractivity contribution is 5.81. The average molecular weight is 168 g/mol. The maximum absolute atomic E-state index is 11.3. The summed E-state index contributed by atoms with van der Waals surface area (Å²) < 4.78 is 0. The number of rotatable bonds is 4. The number of nitrogens with two attached hydrogens (primary N) is 1. The Morgan fingerprint density at radius 1 is 1.75 bits per heavy atom. The molecule has 3 nitrogen and oxygen atoms in total. The smallest absolute Gasteiger partial charge is 0.239 e. The van der Waals surface area contributed by atoms with Gasteiger partial charge in [-0.05, 0) is 13.3 Å². The van der Waals surface area contributed by atoms with Crippen LogP contribution in [0.2, 0.25) is 0 Å². The summed E-state index contributed by atoms with van der Waals surface area (Å²) in [5.41, 5.74) is 5.44. The molecule has 0 rings (SSSR count). The second-order valence-electron chi connectivity index (χ2n) is 2.75. The van der Waals surface area contributed by atoms with Crippen molar-refractivity contribution in [3.63, 3.8) is 0 Å². The van der Waals surface area contributed by atoms with Gasteiger partial charge in [0.15, 0.2) is 0 Å². The number of amides is 1. The number of terminal acetylenes is 1. The lowest BCUT2D eigenvalue weighted by atomic mass is 10.3. The zero-order chi connectivity index (χ0) is 9.56. The third-order valence-electron chi connectivity index (χ3n) is 1.48. The van der Waals surface area contributed by atoms with Gasteiger partial charge in [-0.2, -0.15) is 0 Å². The van der Waals surface area contributed by atoms with Crippen molar-refractivity contribution in [1.82, 2.24) is 4.90 Å². The minimum absolute atomic E-state index is 0.0743. The van der Waals surface area contributed by atoms with E-state index in [1.807, 2.05) is 6.92 Å². The van der Waals surface area contributed by atoms with Crippen molar-refractivity contribution < 1.29 is 4.79 Å². The van der Waals surface area contributed by atoms with E-state index in [4.69, 9.17) is 12.2 Å². The molecular weight excluding hydrogens is 152 g/mol. The SMILES string of the molecule is C#CCN(CCC)C(=O)[C@H](C)N. The van der Waals surface area contributed by atoms with Gasteiger partial charge in [-0.1, -0.05) is 12.8 Å². The van der Waals surface area contributed by atoms with Crippen LogP contribution in [0.5, 0.6) is 0 Å². The van der Waals surface area contributed by atoms with Gasteiger partial charge in [0, 0.05) is 6.54 Å². The van der Waals surface area contributed by atoms with Gasteiger partial charge in [0.2, 0.25) is 5.91 Å². The van der Waals surface area contributed by atoms with E-state index in [2.05, 4.69) is 5.92 Å². The number of hydrogen-bond donors (Lipinski definition) is 1. The second-order valence-corrected chi connectivity index (χ2v) is 2.75. The van der Waals surface area contributed by atoms with Gasteiger partial charge in [-0.15, -0.1) is 6.42 Å². The standard InChI is InChI=1S/C9H16N2O/c1-4-6-11(7-5-2)9(12)8(3)10/h1,8H,5-7,10H2,2-3H3/t8-/m0/s1. The summed E-state index contributed by atoms with van der Waals surface area (Å²) in [6, 6.07) is -0.454. The molecule has 2 N–H and O–H groups in total. The largest absolute Gasteiger partial charge is 0.330 e. The first-order valence-electron chi connectivity index (χ1n) is 4.11. The lowest BCUT2D eigenvalue weighted by Crippen LogP contribution is -2.42. The molecule has 0 aliphatic carbocycles. The molecule has 0 spiro atoms. The van der Waals surface area contributed by atoms with Gasteiger partial charge in [-0.3, -0.25) is 4.79 Å². The minimum atomic E-state index is -0.454. The number of hydrogen-bond acceptors (Lipinski definition) is 2. The molecule has 0 saturated heterocycles. The Kier molecular flexibility index (Phi) is 5.14. The van der Waals surface area contributed by atoms with Crippen LogP contribution in [0.15, 0.2) is 0 Å². The van der Waals surface area contributed by atoms with E-state index in [9.17, 15) is 4.79 Å². The van der Waals surface area contributed by atoms with Gasteiger partial charge in [0.25, 0.3) is 0 Å². The van der Waals surface area contributed by atoms with Crippen LogP contribution in [0.4, 0.5) is 0 Å². The third kappa shape index (κ3) is 3.40. The molecular formula is C9H16N2O. The van der Waals surface area contributed by atoms with Gasteiger partial charge in [0.1, 0.15) is 0 Å². The van der Waals surface area contributed by atoms with Gasteiger partial charge >= 0.3 is 0 Å². The first-order valence-corrected chi connectivity index (χ1v) is 4.11. The third-order valence-corrected chi connectivity index (χ3v) is 1.48. The highest BCUT2D eigenvalue weighted by Gasteiger charge is 2.14. The molecule has 0 saturated carbocycles. The van der Waals surface area contributed by atoms with Crippen LogP contribution in [0.25, 0.3) is 0 Å². The molecule has 0 aliphatic heterocycles. The van der Waals surface area contributed by atoms with Crippen molar-refractivity contribution in [2.75, 3.05) is 13.1 Å². The lowest BCUT2D eigenvalue weighted by Gasteiger charge is -2.21. The second kappa shape index (κ2) is 5.62. The highest BCUT2D eigenvalue weighted by Crippen LogP contribution is 1.94. The van der Waals surface area contributed by atoms with Crippen LogP contribution in [-0.2, 0) is 4.79 Å². The Bertz CT molecular complexity index is 181. The number of carbonyl (C=O) groups excluding carboxylic acids is 1. The van der Waals surface area contributed by atoms with Crippen LogP contribution < -0.4 is 5.73 Å². The van der Waals surface area contributed by atoms with E-state index in [0.717, 1.165) is 6.42 Å². The molecule has 3 heteroatoms. The maximum atomic E-state index is 11.3. The van der Waals surface area contributed by atoms with Gasteiger partial charge in [0.05, 0.1) is 12.6 Å². The predicted molar refractivity (Wildman–Crippen MR) is 49.4 cm³/mol. The summed E-state index contributed by atoms with van der Waals surface area (Å²) in [6.07, 6.45) is 6.02. The van der Waals surface area contributed by atoms with Crippen LogP contribution in [0.3, 0.4) is 0 Å². The fourth-order valence-corrected chi connectivity index (χ4v) is 0.935. The van der Waals surface area contributed by atoms with Crippen molar-refractivity contribution >= 4 is 5.91 Å². The van der Waals surface area contributed by atoms with Gasteiger partial charge in [-0.25, -0.2) is 0 Å². The molecule has 12 heavy (non-hydrogen) atoms. The van der Waals surface area contributed by atoms with E-state index < -0.39 is 6.04 Å². The van der Waals surface area contributed by atoms with E-state index in [-0.39, 0.29) is 5.91 Å². The zero-order valence-corrected chi connectivity index (χ0v) is 7.71. The summed E-state index contributed by atoms with van der Waals surface area (Å²) in [7, 11) is 0. The molecule has 0 aliphatic rings. The van der Waals surface area contributed by atoms with Crippen molar-refractivity contribution in [3.05, 3.63) is 0 Å². The zero-order valence-electron chi connectivity index (χ0n) is 7.71. The highest BCUT2D eigenvalue weighted by atomic mass is 16.2. The summed E-state index contributed by atoms with van der Waals surface area (Å²) in [6.45, 7) is 4.71. The van der Waals surface area contributed by atoms with Crippen LogP contribution in [-0.4, -0.2) is 29.9 Å². The van der Waals surface area contributed by atoms with E-state index in [1.165, 1.54) is 0 Å². The van der Waals surface area contributed by atoms with E-state index in [1.54, 1.807) is 11.8 Å². The molecule has 0 bridgehead atoms. The number of carbonyl (C=O) groups is 1. The fourth-order valence-electron chi connectivity index (χ4n) is 0.935. The van der Waals surface area contributed by atoms with E-state index in [0.29, 0.717) is 13.1 Å². The van der Waals surface area contributed by atoms with Crippen LogP contribution in [0, 0.1) is 12.3 Å². The summed E-state index contributed by atoms with van der Waals surface area (Å²) in [5.74, 6) is 2.36. The number of nitrogens with zero attached hydrogens (tertiary/aromatic N) is 1.